The molecule has 2 atom stereocenters. The zero-order chi connectivity index (χ0) is 14.1. The summed E-state index contributed by atoms with van der Waals surface area (Å²) in [4.78, 5) is 2.51. The van der Waals surface area contributed by atoms with E-state index in [1.165, 1.54) is 24.9 Å². The van der Waals surface area contributed by atoms with Crippen LogP contribution in [-0.4, -0.2) is 19.1 Å². The van der Waals surface area contributed by atoms with Gasteiger partial charge < -0.3 is 10.2 Å². The number of piperidine rings is 1. The van der Waals surface area contributed by atoms with Gasteiger partial charge in [-0.1, -0.05) is 13.8 Å². The number of nitrogens with zero attached hydrogens (tertiary/aromatic N) is 1. The molecule has 2 bridgehead atoms. The van der Waals surface area contributed by atoms with Crippen molar-refractivity contribution in [3.8, 4) is 0 Å². The molecule has 1 aromatic carbocycles. The van der Waals surface area contributed by atoms with Crippen LogP contribution < -0.4 is 10.2 Å². The molecule has 20 heavy (non-hydrogen) atoms. The number of halogens is 1. The van der Waals surface area contributed by atoms with Gasteiger partial charge in [-0.05, 0) is 61.4 Å². The zero-order valence-corrected chi connectivity index (χ0v) is 12.5. The third-order valence-corrected chi connectivity index (χ3v) is 4.63. The fourth-order valence-corrected chi connectivity index (χ4v) is 3.69. The first-order chi connectivity index (χ1) is 9.63. The van der Waals surface area contributed by atoms with Crippen LogP contribution in [0.25, 0.3) is 0 Å². The molecular formula is C17H25FN2. The molecule has 1 aliphatic heterocycles. The maximum Gasteiger partial charge on any atom is 0.123 e. The first kappa shape index (κ1) is 13.9. The summed E-state index contributed by atoms with van der Waals surface area (Å²) in [5.74, 6) is 1.36. The molecule has 1 heterocycles. The molecular weight excluding hydrogens is 251 g/mol. The van der Waals surface area contributed by atoms with E-state index >= 15 is 0 Å². The Balaban J connectivity index is 1.76. The lowest BCUT2D eigenvalue weighted by atomic mass is 10.1. The van der Waals surface area contributed by atoms with Gasteiger partial charge in [-0.25, -0.2) is 4.39 Å². The molecule has 2 fully saturated rings. The lowest BCUT2D eigenvalue weighted by Gasteiger charge is -2.31. The summed E-state index contributed by atoms with van der Waals surface area (Å²) >= 11 is 0. The van der Waals surface area contributed by atoms with Crippen LogP contribution in [0.2, 0.25) is 0 Å². The molecule has 0 amide bonds. The van der Waals surface area contributed by atoms with Crippen LogP contribution >= 0.6 is 0 Å². The number of nitrogens with one attached hydrogen (secondary N) is 1. The second kappa shape index (κ2) is 5.72. The summed E-state index contributed by atoms with van der Waals surface area (Å²) < 4.78 is 13.6. The second-order valence-corrected chi connectivity index (χ2v) is 6.78. The summed E-state index contributed by atoms with van der Waals surface area (Å²) in [5.41, 5.74) is 2.35. The van der Waals surface area contributed by atoms with Crippen LogP contribution in [0.15, 0.2) is 18.2 Å². The molecule has 1 N–H and O–H groups in total. The van der Waals surface area contributed by atoms with Gasteiger partial charge in [-0.2, -0.15) is 0 Å². The summed E-state index contributed by atoms with van der Waals surface area (Å²) in [6.07, 6.45) is 4.01. The van der Waals surface area contributed by atoms with Gasteiger partial charge in [0.25, 0.3) is 0 Å². The first-order valence-corrected chi connectivity index (χ1v) is 7.89. The fourth-order valence-electron chi connectivity index (χ4n) is 3.69. The number of rotatable bonds is 5. The topological polar surface area (TPSA) is 15.3 Å². The minimum Gasteiger partial charge on any atom is -0.368 e. The number of benzene rings is 1. The minimum atomic E-state index is -0.126. The van der Waals surface area contributed by atoms with E-state index in [1.807, 2.05) is 6.07 Å². The average molecular weight is 276 g/mol. The summed E-state index contributed by atoms with van der Waals surface area (Å²) in [6, 6.07) is 5.97. The van der Waals surface area contributed by atoms with E-state index in [2.05, 4.69) is 24.1 Å². The molecule has 1 saturated carbocycles. The summed E-state index contributed by atoms with van der Waals surface area (Å²) in [7, 11) is 0. The molecule has 3 rings (SSSR count). The van der Waals surface area contributed by atoms with Crippen molar-refractivity contribution >= 4 is 5.69 Å². The molecule has 1 saturated heterocycles. The van der Waals surface area contributed by atoms with Crippen molar-refractivity contribution in [1.29, 1.82) is 0 Å². The quantitative estimate of drug-likeness (QED) is 0.884. The van der Waals surface area contributed by atoms with E-state index in [1.54, 1.807) is 12.1 Å². The number of hydrogen-bond donors (Lipinski definition) is 1. The van der Waals surface area contributed by atoms with Gasteiger partial charge in [0.2, 0.25) is 0 Å². The Morgan fingerprint density at radius 1 is 1.35 bits per heavy atom. The van der Waals surface area contributed by atoms with Crippen LogP contribution in [0.5, 0.6) is 0 Å². The first-order valence-electron chi connectivity index (χ1n) is 7.89. The van der Waals surface area contributed by atoms with Crippen molar-refractivity contribution < 1.29 is 4.39 Å². The predicted molar refractivity (Wildman–Crippen MR) is 81.4 cm³/mol. The van der Waals surface area contributed by atoms with Crippen LogP contribution in [0, 0.1) is 17.7 Å². The molecule has 0 spiro atoms. The van der Waals surface area contributed by atoms with E-state index < -0.39 is 0 Å². The Hall–Kier alpha value is -1.09. The van der Waals surface area contributed by atoms with E-state index in [9.17, 15) is 4.39 Å². The molecule has 2 unspecified atom stereocenters. The maximum atomic E-state index is 13.6. The molecule has 2 nitrogen and oxygen atoms in total. The van der Waals surface area contributed by atoms with E-state index in [-0.39, 0.29) is 5.82 Å². The Morgan fingerprint density at radius 2 is 2.20 bits per heavy atom. The molecule has 110 valence electrons. The highest BCUT2D eigenvalue weighted by molar-refractivity contribution is 5.56. The molecule has 0 aromatic heterocycles. The van der Waals surface area contributed by atoms with Crippen LogP contribution in [0.4, 0.5) is 10.1 Å². The SMILES string of the molecule is CC(C)CNCc1cc(F)ccc1N1CC2CCC1C2. The maximum absolute atomic E-state index is 13.6. The van der Waals surface area contributed by atoms with Gasteiger partial charge in [-0.15, -0.1) is 0 Å². The van der Waals surface area contributed by atoms with Crippen molar-refractivity contribution in [2.24, 2.45) is 11.8 Å². The lowest BCUT2D eigenvalue weighted by Crippen LogP contribution is -2.33. The van der Waals surface area contributed by atoms with Crippen LogP contribution in [-0.2, 0) is 6.54 Å². The molecule has 2 aliphatic rings. The van der Waals surface area contributed by atoms with Crippen molar-refractivity contribution in [3.05, 3.63) is 29.6 Å². The number of anilines is 1. The Labute approximate surface area is 121 Å². The van der Waals surface area contributed by atoms with Gasteiger partial charge >= 0.3 is 0 Å². The van der Waals surface area contributed by atoms with Crippen molar-refractivity contribution in [2.45, 2.75) is 45.7 Å². The van der Waals surface area contributed by atoms with E-state index in [0.29, 0.717) is 12.0 Å². The van der Waals surface area contributed by atoms with Gasteiger partial charge in [0, 0.05) is 24.8 Å². The fraction of sp³-hybridized carbons (Fsp3) is 0.647. The third kappa shape index (κ3) is 2.83. The van der Waals surface area contributed by atoms with Crippen LogP contribution in [0.3, 0.4) is 0 Å². The highest BCUT2D eigenvalue weighted by atomic mass is 19.1. The molecule has 3 heteroatoms. The van der Waals surface area contributed by atoms with Gasteiger partial charge in [-0.3, -0.25) is 0 Å². The number of fused-ring (bicyclic) bond motifs is 2. The lowest BCUT2D eigenvalue weighted by molar-refractivity contribution is 0.539. The van der Waals surface area contributed by atoms with E-state index in [4.69, 9.17) is 0 Å². The van der Waals surface area contributed by atoms with Crippen LogP contribution in [0.1, 0.15) is 38.7 Å². The largest absolute Gasteiger partial charge is 0.368 e. The van der Waals surface area contributed by atoms with Crippen molar-refractivity contribution in [3.63, 3.8) is 0 Å². The highest BCUT2D eigenvalue weighted by Gasteiger charge is 2.38. The molecule has 1 aromatic rings. The molecule has 0 radical (unpaired) electrons. The second-order valence-electron chi connectivity index (χ2n) is 6.78. The summed E-state index contributed by atoms with van der Waals surface area (Å²) in [5, 5.41) is 3.44. The average Bonchev–Trinajstić information content (AvgIpc) is 3.01. The monoisotopic (exact) mass is 276 g/mol. The Kier molecular flexibility index (Phi) is 3.97. The van der Waals surface area contributed by atoms with Gasteiger partial charge in [0.15, 0.2) is 0 Å². The van der Waals surface area contributed by atoms with Gasteiger partial charge in [0.05, 0.1) is 0 Å². The molecule has 1 aliphatic carbocycles. The Bertz CT molecular complexity index is 472. The zero-order valence-electron chi connectivity index (χ0n) is 12.5. The Morgan fingerprint density at radius 3 is 2.85 bits per heavy atom. The number of hydrogen-bond acceptors (Lipinski definition) is 2. The van der Waals surface area contributed by atoms with Crippen molar-refractivity contribution in [2.75, 3.05) is 18.0 Å². The minimum absolute atomic E-state index is 0.126. The standard InChI is InChI=1S/C17H25FN2/c1-12(2)9-19-10-14-8-15(18)4-6-17(14)20-11-13-3-5-16(20)7-13/h4,6,8,12-13,16,19H,3,5,7,9-11H2,1-2H3. The smallest absolute Gasteiger partial charge is 0.123 e. The normalized spacial score (nSPS) is 24.9. The highest BCUT2D eigenvalue weighted by Crippen LogP contribution is 2.41. The van der Waals surface area contributed by atoms with Crippen molar-refractivity contribution in [1.82, 2.24) is 5.32 Å². The third-order valence-electron chi connectivity index (χ3n) is 4.63. The van der Waals surface area contributed by atoms with E-state index in [0.717, 1.165) is 31.1 Å². The van der Waals surface area contributed by atoms with Gasteiger partial charge in [0.1, 0.15) is 5.82 Å². The predicted octanol–water partition coefficient (Wildman–Crippen LogP) is 3.56. The summed E-state index contributed by atoms with van der Waals surface area (Å²) in [6.45, 7) is 7.28.